The Balaban J connectivity index is 2.61. The molecule has 68 valence electrons. The van der Waals surface area contributed by atoms with Crippen LogP contribution in [0.5, 0.6) is 0 Å². The van der Waals surface area contributed by atoms with Crippen molar-refractivity contribution in [1.82, 2.24) is 9.97 Å². The predicted octanol–water partition coefficient (Wildman–Crippen LogP) is 2.05. The monoisotopic (exact) mass is 194 g/mol. The first kappa shape index (κ1) is 8.59. The molecule has 0 bridgehead atoms. The lowest BCUT2D eigenvalue weighted by atomic mass is 10.2. The SMILES string of the molecule is Cc1nc2cc(C(C)O)cnc2s1. The summed E-state index contributed by atoms with van der Waals surface area (Å²) in [7, 11) is 0. The van der Waals surface area contributed by atoms with Crippen LogP contribution in [0.2, 0.25) is 0 Å². The van der Waals surface area contributed by atoms with Crippen LogP contribution in [0.25, 0.3) is 10.3 Å². The molecule has 2 rings (SSSR count). The molecule has 0 aliphatic rings. The molecule has 0 amide bonds. The summed E-state index contributed by atoms with van der Waals surface area (Å²) in [6, 6.07) is 1.89. The van der Waals surface area contributed by atoms with Gasteiger partial charge in [-0.15, -0.1) is 0 Å². The highest BCUT2D eigenvalue weighted by Crippen LogP contribution is 2.22. The Bertz CT molecular complexity index is 436. The van der Waals surface area contributed by atoms with Crippen LogP contribution < -0.4 is 0 Å². The Morgan fingerprint density at radius 2 is 2.31 bits per heavy atom. The molecule has 0 saturated heterocycles. The normalized spacial score (nSPS) is 13.5. The molecule has 2 aromatic rings. The van der Waals surface area contributed by atoms with Gasteiger partial charge in [-0.05, 0) is 19.9 Å². The average Bonchev–Trinajstić information content (AvgIpc) is 2.42. The molecule has 1 N–H and O–H groups in total. The van der Waals surface area contributed by atoms with Crippen LogP contribution in [0.1, 0.15) is 23.6 Å². The zero-order valence-electron chi connectivity index (χ0n) is 7.48. The van der Waals surface area contributed by atoms with Gasteiger partial charge in [0.05, 0.1) is 11.1 Å². The molecule has 0 fully saturated rings. The number of aliphatic hydroxyl groups is 1. The number of aliphatic hydroxyl groups excluding tert-OH is 1. The van der Waals surface area contributed by atoms with Crippen LogP contribution in [-0.4, -0.2) is 15.1 Å². The van der Waals surface area contributed by atoms with Gasteiger partial charge in [0.1, 0.15) is 10.3 Å². The molecule has 0 radical (unpaired) electrons. The minimum absolute atomic E-state index is 0.473. The topological polar surface area (TPSA) is 46.0 Å². The fourth-order valence-electron chi connectivity index (χ4n) is 1.18. The quantitative estimate of drug-likeness (QED) is 0.755. The summed E-state index contributed by atoms with van der Waals surface area (Å²) in [6.45, 7) is 3.68. The van der Waals surface area contributed by atoms with E-state index in [1.807, 2.05) is 13.0 Å². The van der Waals surface area contributed by atoms with Gasteiger partial charge in [-0.2, -0.15) is 0 Å². The van der Waals surface area contributed by atoms with Gasteiger partial charge >= 0.3 is 0 Å². The van der Waals surface area contributed by atoms with Crippen LogP contribution in [-0.2, 0) is 0 Å². The number of rotatable bonds is 1. The highest BCUT2D eigenvalue weighted by Gasteiger charge is 2.05. The first-order chi connectivity index (χ1) is 6.16. The van der Waals surface area contributed by atoms with E-state index in [4.69, 9.17) is 0 Å². The van der Waals surface area contributed by atoms with Crippen molar-refractivity contribution >= 4 is 21.7 Å². The lowest BCUT2D eigenvalue weighted by Gasteiger charge is -2.01. The minimum Gasteiger partial charge on any atom is -0.389 e. The number of aromatic nitrogens is 2. The zero-order valence-corrected chi connectivity index (χ0v) is 8.30. The molecule has 1 unspecified atom stereocenters. The van der Waals surface area contributed by atoms with Crippen molar-refractivity contribution in [2.45, 2.75) is 20.0 Å². The van der Waals surface area contributed by atoms with E-state index in [-0.39, 0.29) is 0 Å². The van der Waals surface area contributed by atoms with Crippen molar-refractivity contribution in [2.24, 2.45) is 0 Å². The van der Waals surface area contributed by atoms with Gasteiger partial charge in [0.2, 0.25) is 0 Å². The molecule has 0 saturated carbocycles. The van der Waals surface area contributed by atoms with Crippen molar-refractivity contribution in [1.29, 1.82) is 0 Å². The summed E-state index contributed by atoms with van der Waals surface area (Å²) in [6.07, 6.45) is 1.23. The summed E-state index contributed by atoms with van der Waals surface area (Å²) in [5.74, 6) is 0. The summed E-state index contributed by atoms with van der Waals surface area (Å²) in [5.41, 5.74) is 1.69. The van der Waals surface area contributed by atoms with E-state index < -0.39 is 6.10 Å². The number of hydrogen-bond acceptors (Lipinski definition) is 4. The maximum Gasteiger partial charge on any atom is 0.143 e. The van der Waals surface area contributed by atoms with E-state index in [1.165, 1.54) is 0 Å². The van der Waals surface area contributed by atoms with Gasteiger partial charge < -0.3 is 5.11 Å². The van der Waals surface area contributed by atoms with Crippen molar-refractivity contribution in [3.05, 3.63) is 22.8 Å². The van der Waals surface area contributed by atoms with Crippen LogP contribution in [0.3, 0.4) is 0 Å². The van der Waals surface area contributed by atoms with Crippen molar-refractivity contribution < 1.29 is 5.11 Å². The van der Waals surface area contributed by atoms with Gasteiger partial charge in [-0.25, -0.2) is 9.97 Å². The van der Waals surface area contributed by atoms with Gasteiger partial charge in [-0.1, -0.05) is 11.3 Å². The van der Waals surface area contributed by atoms with E-state index in [0.717, 1.165) is 20.9 Å². The number of fused-ring (bicyclic) bond motifs is 1. The maximum atomic E-state index is 9.33. The summed E-state index contributed by atoms with van der Waals surface area (Å²) < 4.78 is 0. The first-order valence-corrected chi connectivity index (χ1v) is 4.89. The third-order valence-corrected chi connectivity index (χ3v) is 2.75. The van der Waals surface area contributed by atoms with Crippen LogP contribution in [0, 0.1) is 6.92 Å². The smallest absolute Gasteiger partial charge is 0.143 e. The fourth-order valence-corrected chi connectivity index (χ4v) is 1.91. The number of nitrogens with zero attached hydrogens (tertiary/aromatic N) is 2. The largest absolute Gasteiger partial charge is 0.389 e. The van der Waals surface area contributed by atoms with Gasteiger partial charge in [0, 0.05) is 11.8 Å². The Morgan fingerprint density at radius 3 is 3.00 bits per heavy atom. The highest BCUT2D eigenvalue weighted by atomic mass is 32.1. The molecule has 13 heavy (non-hydrogen) atoms. The molecule has 0 aliphatic carbocycles. The molecule has 0 aromatic carbocycles. The third kappa shape index (κ3) is 1.55. The second-order valence-corrected chi connectivity index (χ2v) is 4.18. The third-order valence-electron chi connectivity index (χ3n) is 1.86. The first-order valence-electron chi connectivity index (χ1n) is 4.08. The van der Waals surface area contributed by atoms with Crippen LogP contribution in [0.4, 0.5) is 0 Å². The lowest BCUT2D eigenvalue weighted by Crippen LogP contribution is -1.91. The van der Waals surface area contributed by atoms with Crippen molar-refractivity contribution in [2.75, 3.05) is 0 Å². The minimum atomic E-state index is -0.473. The Morgan fingerprint density at radius 1 is 1.54 bits per heavy atom. The molecule has 4 heteroatoms. The van der Waals surface area contributed by atoms with E-state index in [9.17, 15) is 5.11 Å². The molecular formula is C9H10N2OS. The van der Waals surface area contributed by atoms with Crippen LogP contribution in [0.15, 0.2) is 12.3 Å². The Kier molecular flexibility index (Phi) is 2.01. The summed E-state index contributed by atoms with van der Waals surface area (Å²) >= 11 is 1.57. The summed E-state index contributed by atoms with van der Waals surface area (Å²) in [4.78, 5) is 9.45. The molecule has 1 atom stereocenters. The average molecular weight is 194 g/mol. The fraction of sp³-hybridized carbons (Fsp3) is 0.333. The van der Waals surface area contributed by atoms with E-state index in [2.05, 4.69) is 9.97 Å². The predicted molar refractivity (Wildman–Crippen MR) is 52.8 cm³/mol. The van der Waals surface area contributed by atoms with E-state index in [1.54, 1.807) is 24.5 Å². The number of thiazole rings is 1. The molecule has 2 heterocycles. The number of aryl methyl sites for hydroxylation is 1. The van der Waals surface area contributed by atoms with Crippen LogP contribution >= 0.6 is 11.3 Å². The number of pyridine rings is 1. The van der Waals surface area contributed by atoms with Crippen molar-refractivity contribution in [3.63, 3.8) is 0 Å². The molecule has 0 spiro atoms. The zero-order chi connectivity index (χ0) is 9.42. The Hall–Kier alpha value is -1.00. The van der Waals surface area contributed by atoms with Gasteiger partial charge in [0.25, 0.3) is 0 Å². The lowest BCUT2D eigenvalue weighted by molar-refractivity contribution is 0.199. The molecular weight excluding hydrogens is 184 g/mol. The van der Waals surface area contributed by atoms with E-state index in [0.29, 0.717) is 0 Å². The van der Waals surface area contributed by atoms with Gasteiger partial charge in [-0.3, -0.25) is 0 Å². The second-order valence-electron chi connectivity index (χ2n) is 3.00. The van der Waals surface area contributed by atoms with Crippen molar-refractivity contribution in [3.8, 4) is 0 Å². The van der Waals surface area contributed by atoms with E-state index >= 15 is 0 Å². The second kappa shape index (κ2) is 3.05. The standard InChI is InChI=1S/C9H10N2OS/c1-5(12)7-3-8-9(10-4-7)13-6(2)11-8/h3-5,12H,1-2H3. The summed E-state index contributed by atoms with van der Waals surface area (Å²) in [5, 5.41) is 10.3. The maximum absolute atomic E-state index is 9.33. The Labute approximate surface area is 80.1 Å². The highest BCUT2D eigenvalue weighted by molar-refractivity contribution is 7.18. The number of hydrogen-bond donors (Lipinski definition) is 1. The molecule has 0 aliphatic heterocycles. The molecule has 2 aromatic heterocycles. The molecule has 3 nitrogen and oxygen atoms in total. The van der Waals surface area contributed by atoms with Gasteiger partial charge in [0.15, 0.2) is 0 Å².